The van der Waals surface area contributed by atoms with E-state index in [0.717, 1.165) is 41.6 Å². The van der Waals surface area contributed by atoms with Gasteiger partial charge in [0.05, 0.1) is 11.9 Å². The van der Waals surface area contributed by atoms with E-state index < -0.39 is 37.7 Å². The molecule has 0 unspecified atom stereocenters. The van der Waals surface area contributed by atoms with Crippen molar-refractivity contribution in [3.8, 4) is 16.8 Å². The Balaban J connectivity index is 2.15. The van der Waals surface area contributed by atoms with Crippen LogP contribution >= 0.6 is 0 Å². The summed E-state index contributed by atoms with van der Waals surface area (Å²) in [5.74, 6) is -2.68. The van der Waals surface area contributed by atoms with Crippen LogP contribution in [-0.2, 0) is 16.3 Å². The Morgan fingerprint density at radius 1 is 1.00 bits per heavy atom. The Morgan fingerprint density at radius 2 is 1.72 bits per heavy atom. The molecule has 0 atom stereocenters. The second kappa shape index (κ2) is 9.28. The van der Waals surface area contributed by atoms with Crippen molar-refractivity contribution < 1.29 is 21.6 Å². The van der Waals surface area contributed by atoms with Gasteiger partial charge in [0.2, 0.25) is 0 Å². The minimum atomic E-state index is -3.75. The highest BCUT2D eigenvalue weighted by molar-refractivity contribution is 7.90. The third-order valence-corrected chi connectivity index (χ3v) is 6.21. The van der Waals surface area contributed by atoms with Gasteiger partial charge in [-0.1, -0.05) is 26.3 Å². The molecule has 0 saturated heterocycles. The van der Waals surface area contributed by atoms with Crippen molar-refractivity contribution in [1.29, 1.82) is 0 Å². The molecule has 0 aliphatic carbocycles. The minimum absolute atomic E-state index is 0.0594. The van der Waals surface area contributed by atoms with Gasteiger partial charge in [-0.2, -0.15) is 9.78 Å². The van der Waals surface area contributed by atoms with E-state index in [4.69, 9.17) is 0 Å². The maximum Gasteiger partial charge on any atom is 0.275 e. The summed E-state index contributed by atoms with van der Waals surface area (Å²) in [6.45, 7) is 4.10. The highest BCUT2D eigenvalue weighted by Gasteiger charge is 2.19. The summed E-state index contributed by atoms with van der Waals surface area (Å²) >= 11 is 0. The number of sulfone groups is 1. The summed E-state index contributed by atoms with van der Waals surface area (Å²) in [4.78, 5) is 12.8. The van der Waals surface area contributed by atoms with E-state index in [9.17, 15) is 26.4 Å². The molecule has 0 bridgehead atoms. The highest BCUT2D eigenvalue weighted by Crippen LogP contribution is 2.27. The van der Waals surface area contributed by atoms with E-state index in [1.165, 1.54) is 18.3 Å². The second-order valence-electron chi connectivity index (χ2n) is 8.06. The molecule has 1 heterocycles. The van der Waals surface area contributed by atoms with Gasteiger partial charge in [0.15, 0.2) is 21.5 Å². The molecule has 0 fully saturated rings. The Bertz CT molecular complexity index is 1320. The van der Waals surface area contributed by atoms with Gasteiger partial charge in [-0.05, 0) is 48.6 Å². The topological polar surface area (TPSA) is 69.0 Å². The summed E-state index contributed by atoms with van der Waals surface area (Å²) in [6, 6.07) is 6.65. The quantitative estimate of drug-likeness (QED) is 0.508. The summed E-state index contributed by atoms with van der Waals surface area (Å²) in [5, 5.41) is 4.07. The fourth-order valence-electron chi connectivity index (χ4n) is 3.44. The average Bonchev–Trinajstić information content (AvgIpc) is 2.70. The van der Waals surface area contributed by atoms with Crippen molar-refractivity contribution in [2.45, 2.75) is 38.0 Å². The molecule has 0 spiro atoms. The molecule has 1 aromatic heterocycles. The molecule has 0 radical (unpaired) electrons. The zero-order chi connectivity index (χ0) is 23.6. The molecule has 3 rings (SSSR count). The van der Waals surface area contributed by atoms with Crippen LogP contribution in [0, 0.1) is 23.4 Å². The Hall–Kier alpha value is -2.94. The Kier molecular flexibility index (Phi) is 6.88. The first-order chi connectivity index (χ1) is 15.0. The third-order valence-electron chi connectivity index (χ3n) is 5.08. The van der Waals surface area contributed by atoms with Crippen molar-refractivity contribution in [1.82, 2.24) is 9.78 Å². The van der Waals surface area contributed by atoms with Gasteiger partial charge in [-0.3, -0.25) is 4.79 Å². The van der Waals surface area contributed by atoms with Crippen molar-refractivity contribution in [3.63, 3.8) is 0 Å². The van der Waals surface area contributed by atoms with Crippen molar-refractivity contribution in [3.05, 3.63) is 76.0 Å². The van der Waals surface area contributed by atoms with Gasteiger partial charge in [-0.25, -0.2) is 21.6 Å². The molecule has 5 nitrogen and oxygen atoms in total. The van der Waals surface area contributed by atoms with E-state index in [0.29, 0.717) is 35.4 Å². The number of hydrogen-bond donors (Lipinski definition) is 0. The van der Waals surface area contributed by atoms with Gasteiger partial charge in [0.1, 0.15) is 10.7 Å². The number of benzene rings is 2. The number of nitrogens with zero attached hydrogens (tertiary/aromatic N) is 2. The predicted molar refractivity (Wildman–Crippen MR) is 116 cm³/mol. The number of aromatic nitrogens is 2. The van der Waals surface area contributed by atoms with Gasteiger partial charge in [0.25, 0.3) is 5.56 Å². The van der Waals surface area contributed by atoms with Crippen LogP contribution in [0.25, 0.3) is 16.8 Å². The van der Waals surface area contributed by atoms with Crippen LogP contribution < -0.4 is 5.56 Å². The number of halogens is 3. The fourth-order valence-corrected chi connectivity index (χ4v) is 4.16. The molecule has 0 N–H and O–H groups in total. The van der Waals surface area contributed by atoms with Crippen LogP contribution in [0.4, 0.5) is 13.2 Å². The monoisotopic (exact) mass is 464 g/mol. The van der Waals surface area contributed by atoms with Crippen LogP contribution in [0.5, 0.6) is 0 Å². The lowest BCUT2D eigenvalue weighted by Gasteiger charge is -2.14. The molecule has 0 aliphatic rings. The van der Waals surface area contributed by atoms with Gasteiger partial charge in [0, 0.05) is 23.4 Å². The summed E-state index contributed by atoms with van der Waals surface area (Å²) in [5.41, 5.74) is 0.513. The Morgan fingerprint density at radius 3 is 2.31 bits per heavy atom. The maximum atomic E-state index is 14.5. The molecule has 0 aliphatic heterocycles. The summed E-state index contributed by atoms with van der Waals surface area (Å²) in [6.07, 6.45) is 4.13. The number of hydrogen-bond acceptors (Lipinski definition) is 4. The van der Waals surface area contributed by atoms with Crippen LogP contribution in [0.1, 0.15) is 32.3 Å². The Labute approximate surface area is 184 Å². The molecule has 0 saturated carbocycles. The minimum Gasteiger partial charge on any atom is -0.267 e. The molecule has 2 aromatic carbocycles. The molecule has 32 heavy (non-hydrogen) atoms. The standard InChI is InChI=1S/C23H23F3N2O3S/c1-14(2)5-4-6-17-18(15-7-10-22(21(26)11-15)32(3,30)31)13-27-28(23(17)29)16-8-9-19(24)20(25)12-16/h7-14H,4-6H2,1-3H3. The molecular formula is C23H23F3N2O3S. The van der Waals surface area contributed by atoms with E-state index >= 15 is 0 Å². The normalized spacial score (nSPS) is 11.8. The third kappa shape index (κ3) is 5.09. The summed E-state index contributed by atoms with van der Waals surface area (Å²) < 4.78 is 65.9. The zero-order valence-corrected chi connectivity index (χ0v) is 18.7. The van der Waals surface area contributed by atoms with Gasteiger partial charge >= 0.3 is 0 Å². The van der Waals surface area contributed by atoms with Gasteiger partial charge < -0.3 is 0 Å². The van der Waals surface area contributed by atoms with Crippen molar-refractivity contribution >= 4 is 9.84 Å². The second-order valence-corrected chi connectivity index (χ2v) is 10.0. The van der Waals surface area contributed by atoms with Crippen LogP contribution in [0.15, 0.2) is 52.3 Å². The molecule has 9 heteroatoms. The molecule has 170 valence electrons. The zero-order valence-electron chi connectivity index (χ0n) is 17.9. The van der Waals surface area contributed by atoms with Crippen molar-refractivity contribution in [2.24, 2.45) is 5.92 Å². The molecule has 0 amide bonds. The average molecular weight is 465 g/mol. The smallest absolute Gasteiger partial charge is 0.267 e. The fraction of sp³-hybridized carbons (Fsp3) is 0.304. The van der Waals surface area contributed by atoms with Gasteiger partial charge in [-0.15, -0.1) is 0 Å². The predicted octanol–water partition coefficient (Wildman–Crippen LogP) is 4.70. The number of rotatable bonds is 7. The lowest BCUT2D eigenvalue weighted by molar-refractivity contribution is 0.507. The lowest BCUT2D eigenvalue weighted by atomic mass is 9.97. The first-order valence-corrected chi connectivity index (χ1v) is 11.9. The van der Waals surface area contributed by atoms with E-state index in [1.807, 2.05) is 13.8 Å². The lowest BCUT2D eigenvalue weighted by Crippen LogP contribution is -2.26. The van der Waals surface area contributed by atoms with Crippen molar-refractivity contribution in [2.75, 3.05) is 6.26 Å². The largest absolute Gasteiger partial charge is 0.275 e. The van der Waals surface area contributed by atoms with E-state index in [-0.39, 0.29) is 5.69 Å². The first-order valence-electron chi connectivity index (χ1n) is 10.1. The van der Waals surface area contributed by atoms with Crippen LogP contribution in [0.3, 0.4) is 0 Å². The molecular weight excluding hydrogens is 441 g/mol. The first kappa shape index (κ1) is 23.7. The van der Waals surface area contributed by atoms with Crippen LogP contribution in [0.2, 0.25) is 0 Å². The summed E-state index contributed by atoms with van der Waals surface area (Å²) in [7, 11) is -3.75. The van der Waals surface area contributed by atoms with E-state index in [1.54, 1.807) is 0 Å². The highest BCUT2D eigenvalue weighted by atomic mass is 32.2. The van der Waals surface area contributed by atoms with E-state index in [2.05, 4.69) is 5.10 Å². The van der Waals surface area contributed by atoms with Crippen LogP contribution in [-0.4, -0.2) is 24.5 Å². The SMILES string of the molecule is CC(C)CCCc1c(-c2ccc(S(C)(=O)=O)c(F)c2)cnn(-c2ccc(F)c(F)c2)c1=O. The molecule has 3 aromatic rings. The maximum absolute atomic E-state index is 14.5.